The van der Waals surface area contributed by atoms with Gasteiger partial charge in [-0.15, -0.1) is 0 Å². The van der Waals surface area contributed by atoms with Crippen LogP contribution in [0.25, 0.3) is 5.76 Å². The topological polar surface area (TPSA) is 107 Å². The molecule has 22 heavy (non-hydrogen) atoms. The minimum atomic E-state index is -1.51. The largest absolute Gasteiger partial charge is 0.506 e. The minimum absolute atomic E-state index is 0.122. The second-order valence-corrected chi connectivity index (χ2v) is 4.04. The van der Waals surface area contributed by atoms with Crippen molar-refractivity contribution in [3.05, 3.63) is 45.0 Å². The average Bonchev–Trinajstić information content (AvgIpc) is 2.40. The van der Waals surface area contributed by atoms with Crippen LogP contribution < -0.4 is 0 Å². The van der Waals surface area contributed by atoms with E-state index in [4.69, 9.17) is 0 Å². The summed E-state index contributed by atoms with van der Waals surface area (Å²) in [5.74, 6) is -6.33. The van der Waals surface area contributed by atoms with Gasteiger partial charge in [0.1, 0.15) is 11.3 Å². The number of Topliss-reactive ketones (excluding diaryl/α,β-unsaturated/α-hetero) is 1. The number of carbonyl (C=O) groups is 2. The fourth-order valence-corrected chi connectivity index (χ4v) is 1.62. The maximum absolute atomic E-state index is 13.3. The molecule has 118 valence electrons. The predicted molar refractivity (Wildman–Crippen MR) is 69.9 cm³/mol. The van der Waals surface area contributed by atoms with Crippen molar-refractivity contribution in [1.82, 2.24) is 0 Å². The molecule has 0 aliphatic carbocycles. The Morgan fingerprint density at radius 1 is 1.32 bits per heavy atom. The smallest absolute Gasteiger partial charge is 0.345 e. The molecule has 0 aliphatic rings. The van der Waals surface area contributed by atoms with Crippen molar-refractivity contribution in [2.75, 3.05) is 6.61 Å². The number of rotatable bonds is 5. The fraction of sp³-hybridized carbons (Fsp3) is 0.231. The second kappa shape index (κ2) is 6.74. The van der Waals surface area contributed by atoms with E-state index in [2.05, 4.69) is 4.74 Å². The Morgan fingerprint density at radius 2 is 1.86 bits per heavy atom. The molecule has 0 spiro atoms. The molecule has 0 heterocycles. The number of hydrogen-bond donors (Lipinski definition) is 1. The molecular weight excluding hydrogens is 304 g/mol. The summed E-state index contributed by atoms with van der Waals surface area (Å²) in [7, 11) is 0. The standard InChI is InChI=1S/C13H11F2NO6/c1-3-22-13(19)11(6(2)17)12(18)7-4-8(14)9(15)5-10(7)16(20)21/h4-5,18H,3H2,1-2H3/b12-11+. The molecule has 1 rings (SSSR count). The molecule has 0 amide bonds. The van der Waals surface area contributed by atoms with Crippen LogP contribution in [0, 0.1) is 21.7 Å². The molecule has 1 aromatic carbocycles. The van der Waals surface area contributed by atoms with Gasteiger partial charge in [0.25, 0.3) is 5.69 Å². The Morgan fingerprint density at radius 3 is 2.32 bits per heavy atom. The Kier molecular flexibility index (Phi) is 5.28. The van der Waals surface area contributed by atoms with Gasteiger partial charge in [0.05, 0.1) is 23.2 Å². The molecule has 0 aliphatic heterocycles. The van der Waals surface area contributed by atoms with Crippen molar-refractivity contribution in [3.8, 4) is 0 Å². The van der Waals surface area contributed by atoms with E-state index in [1.807, 2.05) is 0 Å². The van der Waals surface area contributed by atoms with Gasteiger partial charge in [0, 0.05) is 0 Å². The van der Waals surface area contributed by atoms with Crippen molar-refractivity contribution in [3.63, 3.8) is 0 Å². The molecule has 0 atom stereocenters. The Bertz CT molecular complexity index is 683. The number of esters is 1. The Balaban J connectivity index is 3.65. The summed E-state index contributed by atoms with van der Waals surface area (Å²) in [6.07, 6.45) is 0. The van der Waals surface area contributed by atoms with Gasteiger partial charge in [-0.2, -0.15) is 0 Å². The van der Waals surface area contributed by atoms with E-state index in [1.165, 1.54) is 6.92 Å². The van der Waals surface area contributed by atoms with Crippen LogP contribution in [0.1, 0.15) is 19.4 Å². The number of nitro benzene ring substituents is 1. The van der Waals surface area contributed by atoms with Crippen LogP contribution in [-0.4, -0.2) is 28.4 Å². The van der Waals surface area contributed by atoms with E-state index < -0.39 is 50.9 Å². The summed E-state index contributed by atoms with van der Waals surface area (Å²) in [4.78, 5) is 32.9. The zero-order valence-corrected chi connectivity index (χ0v) is 11.6. The highest BCUT2D eigenvalue weighted by Crippen LogP contribution is 2.29. The Hall–Kier alpha value is -2.84. The van der Waals surface area contributed by atoms with Crippen LogP contribution in [0.3, 0.4) is 0 Å². The van der Waals surface area contributed by atoms with E-state index in [9.17, 15) is 33.6 Å². The lowest BCUT2D eigenvalue weighted by Crippen LogP contribution is -2.16. The lowest BCUT2D eigenvalue weighted by atomic mass is 10.0. The molecule has 0 bridgehead atoms. The summed E-state index contributed by atoms with van der Waals surface area (Å²) < 4.78 is 30.9. The maximum Gasteiger partial charge on any atom is 0.345 e. The predicted octanol–water partition coefficient (Wildman–Crippen LogP) is 2.29. The first-order chi connectivity index (χ1) is 10.2. The highest BCUT2D eigenvalue weighted by Gasteiger charge is 2.28. The van der Waals surface area contributed by atoms with Gasteiger partial charge in [0.15, 0.2) is 17.4 Å². The lowest BCUT2D eigenvalue weighted by Gasteiger charge is -2.08. The molecule has 7 nitrogen and oxygen atoms in total. The second-order valence-electron chi connectivity index (χ2n) is 4.04. The lowest BCUT2D eigenvalue weighted by molar-refractivity contribution is -0.385. The number of carbonyl (C=O) groups excluding carboxylic acids is 2. The molecule has 9 heteroatoms. The molecule has 0 aromatic heterocycles. The van der Waals surface area contributed by atoms with E-state index in [0.29, 0.717) is 6.07 Å². The van der Waals surface area contributed by atoms with Crippen LogP contribution in [0.2, 0.25) is 0 Å². The summed E-state index contributed by atoms with van der Waals surface area (Å²) >= 11 is 0. The van der Waals surface area contributed by atoms with Crippen molar-refractivity contribution in [2.24, 2.45) is 0 Å². The van der Waals surface area contributed by atoms with Gasteiger partial charge in [-0.05, 0) is 19.9 Å². The van der Waals surface area contributed by atoms with Gasteiger partial charge < -0.3 is 9.84 Å². The summed E-state index contributed by atoms with van der Waals surface area (Å²) in [5.41, 5.74) is -2.70. The minimum Gasteiger partial charge on any atom is -0.506 e. The van der Waals surface area contributed by atoms with Crippen LogP contribution in [0.5, 0.6) is 0 Å². The quantitative estimate of drug-likeness (QED) is 0.170. The summed E-state index contributed by atoms with van der Waals surface area (Å²) in [6.45, 7) is 2.23. The van der Waals surface area contributed by atoms with Gasteiger partial charge in [-0.25, -0.2) is 13.6 Å². The van der Waals surface area contributed by atoms with Gasteiger partial charge in [-0.1, -0.05) is 0 Å². The molecule has 0 saturated heterocycles. The van der Waals surface area contributed by atoms with E-state index >= 15 is 0 Å². The number of nitro groups is 1. The molecule has 0 unspecified atom stereocenters. The van der Waals surface area contributed by atoms with E-state index in [-0.39, 0.29) is 12.7 Å². The molecular formula is C13H11F2NO6. The SMILES string of the molecule is CCOC(=O)/C(C(C)=O)=C(/O)c1cc(F)c(F)cc1[N+](=O)[O-]. The molecule has 0 radical (unpaired) electrons. The number of ether oxygens (including phenoxy) is 1. The zero-order chi connectivity index (χ0) is 17.0. The van der Waals surface area contributed by atoms with Crippen LogP contribution >= 0.6 is 0 Å². The third-order valence-electron chi connectivity index (χ3n) is 2.56. The van der Waals surface area contributed by atoms with E-state index in [1.54, 1.807) is 0 Å². The number of nitrogens with zero attached hydrogens (tertiary/aromatic N) is 1. The number of benzene rings is 1. The number of aliphatic hydroxyl groups is 1. The van der Waals surface area contributed by atoms with Crippen molar-refractivity contribution < 1.29 is 33.1 Å². The van der Waals surface area contributed by atoms with E-state index in [0.717, 1.165) is 6.92 Å². The maximum atomic E-state index is 13.3. The number of aliphatic hydroxyl groups excluding tert-OH is 1. The van der Waals surface area contributed by atoms with Gasteiger partial charge in [-0.3, -0.25) is 14.9 Å². The monoisotopic (exact) mass is 315 g/mol. The summed E-state index contributed by atoms with van der Waals surface area (Å²) in [5, 5.41) is 20.8. The number of hydrogen-bond acceptors (Lipinski definition) is 6. The highest BCUT2D eigenvalue weighted by atomic mass is 19.2. The van der Waals surface area contributed by atoms with Gasteiger partial charge in [0.2, 0.25) is 0 Å². The normalized spacial score (nSPS) is 11.6. The molecule has 0 fully saturated rings. The average molecular weight is 315 g/mol. The molecule has 0 saturated carbocycles. The first-order valence-electron chi connectivity index (χ1n) is 5.95. The molecule has 1 N–H and O–H groups in total. The first kappa shape index (κ1) is 17.2. The third-order valence-corrected chi connectivity index (χ3v) is 2.56. The third kappa shape index (κ3) is 3.43. The highest BCUT2D eigenvalue weighted by molar-refractivity contribution is 6.21. The Labute approximate surface area is 123 Å². The summed E-state index contributed by atoms with van der Waals surface area (Å²) in [6, 6.07) is 0.564. The number of ketones is 1. The van der Waals surface area contributed by atoms with Crippen LogP contribution in [-0.2, 0) is 14.3 Å². The van der Waals surface area contributed by atoms with Crippen molar-refractivity contribution in [2.45, 2.75) is 13.8 Å². The van der Waals surface area contributed by atoms with Crippen molar-refractivity contribution >= 4 is 23.2 Å². The number of halogens is 2. The zero-order valence-electron chi connectivity index (χ0n) is 11.6. The van der Waals surface area contributed by atoms with Crippen LogP contribution in [0.4, 0.5) is 14.5 Å². The van der Waals surface area contributed by atoms with Crippen molar-refractivity contribution in [1.29, 1.82) is 0 Å². The van der Waals surface area contributed by atoms with Gasteiger partial charge >= 0.3 is 5.97 Å². The van der Waals surface area contributed by atoms with Crippen LogP contribution in [0.15, 0.2) is 17.7 Å². The first-order valence-corrected chi connectivity index (χ1v) is 5.95. The fourth-order valence-electron chi connectivity index (χ4n) is 1.62. The molecule has 1 aromatic rings.